The highest BCUT2D eigenvalue weighted by Gasteiger charge is 2.36. The van der Waals surface area contributed by atoms with Crippen LogP contribution < -0.4 is 10.9 Å². The molecular weight excluding hydrogens is 388 g/mol. The molecule has 0 spiro atoms. The van der Waals surface area contributed by atoms with Crippen LogP contribution in [0.3, 0.4) is 0 Å². The monoisotopic (exact) mass is 412 g/mol. The average Bonchev–Trinajstić information content (AvgIpc) is 2.70. The first-order chi connectivity index (χ1) is 13.9. The third kappa shape index (κ3) is 4.59. The largest absolute Gasteiger partial charge is 0.458 e. The number of H-pyrrole nitrogens is 1. The van der Waals surface area contributed by atoms with Crippen molar-refractivity contribution >= 4 is 23.5 Å². The minimum Gasteiger partial charge on any atom is -0.458 e. The number of allylic oxidation sites excluding steroid dienone is 1. The Morgan fingerprint density at radius 1 is 1.38 bits per heavy atom. The van der Waals surface area contributed by atoms with E-state index in [1.54, 1.807) is 31.5 Å². The summed E-state index contributed by atoms with van der Waals surface area (Å²) >= 11 is 1.50. The Morgan fingerprint density at radius 3 is 2.76 bits per heavy atom. The summed E-state index contributed by atoms with van der Waals surface area (Å²) in [5.41, 5.74) is 1.85. The first-order valence-electron chi connectivity index (χ1n) is 9.35. The van der Waals surface area contributed by atoms with E-state index in [9.17, 15) is 9.59 Å². The van der Waals surface area contributed by atoms with Gasteiger partial charge in [-0.3, -0.25) is 9.78 Å². The molecule has 0 bridgehead atoms. The van der Waals surface area contributed by atoms with Crippen molar-refractivity contribution in [3.05, 3.63) is 69.9 Å². The highest BCUT2D eigenvalue weighted by molar-refractivity contribution is 7.99. The van der Waals surface area contributed by atoms with Gasteiger partial charge in [0.25, 0.3) is 5.56 Å². The van der Waals surface area contributed by atoms with Gasteiger partial charge in [0.05, 0.1) is 17.1 Å². The van der Waals surface area contributed by atoms with Crippen LogP contribution in [0, 0.1) is 5.92 Å². The number of ether oxygens (including phenoxy) is 1. The van der Waals surface area contributed by atoms with Crippen molar-refractivity contribution in [2.75, 3.05) is 17.7 Å². The van der Waals surface area contributed by atoms with Crippen LogP contribution >= 0.6 is 11.8 Å². The maximum Gasteiger partial charge on any atom is 0.337 e. The van der Waals surface area contributed by atoms with E-state index in [1.165, 1.54) is 17.8 Å². The lowest BCUT2D eigenvalue weighted by molar-refractivity contribution is -0.138. The van der Waals surface area contributed by atoms with Crippen LogP contribution in [0.5, 0.6) is 0 Å². The van der Waals surface area contributed by atoms with Gasteiger partial charge in [-0.05, 0) is 30.5 Å². The fourth-order valence-corrected chi connectivity index (χ4v) is 3.93. The number of nitrogens with one attached hydrogen (secondary N) is 2. The second kappa shape index (κ2) is 9.09. The molecule has 0 aromatic carbocycles. The molecule has 152 valence electrons. The van der Waals surface area contributed by atoms with Gasteiger partial charge in [0.2, 0.25) is 0 Å². The van der Waals surface area contributed by atoms with E-state index >= 15 is 0 Å². The third-order valence-corrected chi connectivity index (χ3v) is 5.67. The number of carbonyl (C=O) groups is 1. The van der Waals surface area contributed by atoms with Crippen molar-refractivity contribution in [3.63, 3.8) is 0 Å². The summed E-state index contributed by atoms with van der Waals surface area (Å²) < 4.78 is 5.29. The quantitative estimate of drug-likeness (QED) is 0.311. The van der Waals surface area contributed by atoms with E-state index in [2.05, 4.69) is 40.7 Å². The molecule has 3 heterocycles. The maximum absolute atomic E-state index is 13.0. The number of fused-ring (bicyclic) bond motifs is 1. The van der Waals surface area contributed by atoms with E-state index in [4.69, 9.17) is 4.74 Å². The Morgan fingerprint density at radius 2 is 2.10 bits per heavy atom. The molecule has 3 rings (SSSR count). The molecule has 0 saturated carbocycles. The van der Waals surface area contributed by atoms with Crippen LogP contribution in [0.1, 0.15) is 37.8 Å². The van der Waals surface area contributed by atoms with Crippen LogP contribution in [0.25, 0.3) is 0 Å². The summed E-state index contributed by atoms with van der Waals surface area (Å²) in [6.07, 6.45) is 4.77. The summed E-state index contributed by atoms with van der Waals surface area (Å²) in [5, 5.41) is 3.68. The number of anilines is 1. The Bertz CT molecular complexity index is 999. The lowest BCUT2D eigenvalue weighted by Gasteiger charge is -2.28. The van der Waals surface area contributed by atoms with Gasteiger partial charge in [-0.1, -0.05) is 38.3 Å². The average molecular weight is 413 g/mol. The van der Waals surface area contributed by atoms with E-state index < -0.39 is 11.9 Å². The van der Waals surface area contributed by atoms with Gasteiger partial charge >= 0.3 is 5.97 Å². The maximum atomic E-state index is 13.0. The Hall–Kier alpha value is -2.87. The second-order valence-electron chi connectivity index (χ2n) is 7.10. The number of thioether (sulfide) groups is 1. The summed E-state index contributed by atoms with van der Waals surface area (Å²) in [6, 6.07) is 3.57. The molecule has 1 aliphatic rings. The van der Waals surface area contributed by atoms with E-state index in [1.807, 2.05) is 0 Å². The van der Waals surface area contributed by atoms with Crippen molar-refractivity contribution in [3.8, 4) is 0 Å². The highest BCUT2D eigenvalue weighted by atomic mass is 32.2. The summed E-state index contributed by atoms with van der Waals surface area (Å²) in [5.74, 6) is 0.655. The Labute approximate surface area is 173 Å². The van der Waals surface area contributed by atoms with E-state index in [-0.39, 0.29) is 12.2 Å². The normalized spacial score (nSPS) is 15.7. The van der Waals surface area contributed by atoms with Gasteiger partial charge in [-0.2, -0.15) is 0 Å². The molecule has 29 heavy (non-hydrogen) atoms. The molecule has 0 aliphatic carbocycles. The topological polar surface area (TPSA) is 97.0 Å². The highest BCUT2D eigenvalue weighted by Crippen LogP contribution is 2.39. The molecule has 0 radical (unpaired) electrons. The fourth-order valence-electron chi connectivity index (χ4n) is 3.12. The molecule has 0 unspecified atom stereocenters. The zero-order valence-corrected chi connectivity index (χ0v) is 17.5. The smallest absolute Gasteiger partial charge is 0.337 e. The summed E-state index contributed by atoms with van der Waals surface area (Å²) in [6.45, 7) is 9.66. The summed E-state index contributed by atoms with van der Waals surface area (Å²) in [7, 11) is 0. The number of nitrogens with zero attached hydrogens (tertiary/aromatic N) is 2. The van der Waals surface area contributed by atoms with Crippen molar-refractivity contribution in [1.29, 1.82) is 0 Å². The SMILES string of the molecule is C=CCOC(=O)C1=C(C)Nc2nc(SCC(C)C)[nH]c(=O)c2[C@@H]1c1ccncc1. The third-order valence-electron chi connectivity index (χ3n) is 4.37. The van der Waals surface area contributed by atoms with Crippen molar-refractivity contribution < 1.29 is 9.53 Å². The van der Waals surface area contributed by atoms with Crippen LogP contribution in [0.2, 0.25) is 0 Å². The Balaban J connectivity index is 2.12. The zero-order valence-electron chi connectivity index (χ0n) is 16.7. The predicted molar refractivity (Wildman–Crippen MR) is 114 cm³/mol. The van der Waals surface area contributed by atoms with E-state index in [0.29, 0.717) is 33.7 Å². The van der Waals surface area contributed by atoms with Gasteiger partial charge in [0.15, 0.2) is 5.16 Å². The van der Waals surface area contributed by atoms with Gasteiger partial charge < -0.3 is 15.0 Å². The van der Waals surface area contributed by atoms with Gasteiger partial charge in [0, 0.05) is 23.8 Å². The first kappa shape index (κ1) is 20.9. The number of rotatable bonds is 7. The number of aromatic nitrogens is 3. The van der Waals surface area contributed by atoms with Gasteiger partial charge in [0.1, 0.15) is 12.4 Å². The molecule has 8 heteroatoms. The molecular formula is C21H24N4O3S. The molecule has 7 nitrogen and oxygen atoms in total. The Kier molecular flexibility index (Phi) is 6.53. The lowest BCUT2D eigenvalue weighted by Crippen LogP contribution is -2.31. The second-order valence-corrected chi connectivity index (χ2v) is 8.11. The number of carbonyl (C=O) groups excluding carboxylic acids is 1. The van der Waals surface area contributed by atoms with Crippen molar-refractivity contribution in [1.82, 2.24) is 15.0 Å². The minimum atomic E-state index is -0.605. The van der Waals surface area contributed by atoms with Crippen molar-refractivity contribution in [2.24, 2.45) is 5.92 Å². The molecule has 0 amide bonds. The molecule has 1 aliphatic heterocycles. The number of esters is 1. The van der Waals surface area contributed by atoms with E-state index in [0.717, 1.165) is 11.3 Å². The standard InChI is InChI=1S/C21H24N4O3S/c1-5-10-28-20(27)15-13(4)23-18-17(16(15)14-6-8-22-9-7-14)19(26)25-21(24-18)29-11-12(2)3/h5-9,12,16H,1,10-11H2,2-4H3,(H2,23,24,25,26)/t16-/m1/s1. The molecule has 2 N–H and O–H groups in total. The first-order valence-corrected chi connectivity index (χ1v) is 10.3. The van der Waals surface area contributed by atoms with Crippen molar-refractivity contribution in [2.45, 2.75) is 31.8 Å². The van der Waals surface area contributed by atoms with Crippen LogP contribution in [0.4, 0.5) is 5.82 Å². The predicted octanol–water partition coefficient (Wildman–Crippen LogP) is 3.47. The molecule has 0 saturated heterocycles. The molecule has 2 aromatic heterocycles. The van der Waals surface area contributed by atoms with Gasteiger partial charge in [-0.25, -0.2) is 9.78 Å². The molecule has 2 aromatic rings. The minimum absolute atomic E-state index is 0.0882. The number of hydrogen-bond donors (Lipinski definition) is 2. The summed E-state index contributed by atoms with van der Waals surface area (Å²) in [4.78, 5) is 37.4. The van der Waals surface area contributed by atoms with Crippen LogP contribution in [-0.4, -0.2) is 33.3 Å². The molecule has 0 fully saturated rings. The fraction of sp³-hybridized carbons (Fsp3) is 0.333. The number of hydrogen-bond acceptors (Lipinski definition) is 7. The number of pyridine rings is 1. The zero-order chi connectivity index (χ0) is 21.0. The lowest BCUT2D eigenvalue weighted by atomic mass is 9.83. The number of aromatic amines is 1. The van der Waals surface area contributed by atoms with Crippen LogP contribution in [0.15, 0.2) is 58.4 Å². The van der Waals surface area contributed by atoms with Crippen LogP contribution in [-0.2, 0) is 9.53 Å². The molecule has 1 atom stereocenters. The van der Waals surface area contributed by atoms with Gasteiger partial charge in [-0.15, -0.1) is 0 Å².